The number of carbonyl (C=O) groups excluding carboxylic acids is 1. The lowest BCUT2D eigenvalue weighted by Gasteiger charge is -2.11. The van der Waals surface area contributed by atoms with E-state index < -0.39 is 5.91 Å². The lowest BCUT2D eigenvalue weighted by molar-refractivity contribution is -0.117. The number of rotatable bonds is 6. The second kappa shape index (κ2) is 8.32. The molecule has 1 heterocycles. The van der Waals surface area contributed by atoms with Gasteiger partial charge in [0.2, 0.25) is 0 Å². The summed E-state index contributed by atoms with van der Waals surface area (Å²) >= 11 is 1.56. The predicted molar refractivity (Wildman–Crippen MR) is 105 cm³/mol. The molecular weight excluding hydrogens is 344 g/mol. The number of hydrogen-bond acceptors (Lipinski definition) is 4. The van der Waals surface area contributed by atoms with Crippen molar-refractivity contribution >= 4 is 34.1 Å². The minimum Gasteiger partial charge on any atom is -0.493 e. The van der Waals surface area contributed by atoms with Gasteiger partial charge in [-0.1, -0.05) is 36.4 Å². The van der Waals surface area contributed by atoms with E-state index >= 15 is 0 Å². The average molecular weight is 362 g/mol. The number of nitriles is 1. The summed E-state index contributed by atoms with van der Waals surface area (Å²) < 4.78 is 5.71. The van der Waals surface area contributed by atoms with Crippen molar-refractivity contribution in [1.82, 2.24) is 5.32 Å². The molecule has 1 N–H and O–H groups in total. The molecule has 0 bridgehead atoms. The van der Waals surface area contributed by atoms with Crippen molar-refractivity contribution in [1.29, 1.82) is 5.26 Å². The number of nitrogens with one attached hydrogen (secondary N) is 1. The number of nitrogens with zero attached hydrogens (tertiary/aromatic N) is 1. The molecule has 3 aromatic rings. The van der Waals surface area contributed by atoms with Crippen molar-refractivity contribution in [2.45, 2.75) is 13.5 Å². The molecule has 0 aliphatic heterocycles. The maximum Gasteiger partial charge on any atom is 0.262 e. The summed E-state index contributed by atoms with van der Waals surface area (Å²) in [5.74, 6) is 0.265. The first-order valence-electron chi connectivity index (χ1n) is 8.30. The van der Waals surface area contributed by atoms with Gasteiger partial charge in [0.05, 0.1) is 13.2 Å². The zero-order valence-electron chi connectivity index (χ0n) is 14.4. The maximum atomic E-state index is 12.4. The molecule has 26 heavy (non-hydrogen) atoms. The molecule has 0 unspecified atom stereocenters. The van der Waals surface area contributed by atoms with E-state index in [1.807, 2.05) is 66.9 Å². The Kier molecular flexibility index (Phi) is 5.67. The number of ether oxygens (including phenoxy) is 1. The second-order valence-electron chi connectivity index (χ2n) is 5.56. The third-order valence-corrected chi connectivity index (χ3v) is 4.76. The largest absolute Gasteiger partial charge is 0.493 e. The molecule has 5 heteroatoms. The van der Waals surface area contributed by atoms with Gasteiger partial charge in [-0.15, -0.1) is 11.3 Å². The quantitative estimate of drug-likeness (QED) is 0.518. The Balaban J connectivity index is 1.96. The highest BCUT2D eigenvalue weighted by Crippen LogP contribution is 2.30. The minimum atomic E-state index is -0.392. The van der Waals surface area contributed by atoms with Crippen molar-refractivity contribution in [3.05, 3.63) is 69.9 Å². The van der Waals surface area contributed by atoms with Gasteiger partial charge in [0, 0.05) is 10.4 Å². The lowest BCUT2D eigenvalue weighted by Crippen LogP contribution is -2.23. The smallest absolute Gasteiger partial charge is 0.262 e. The second-order valence-corrected chi connectivity index (χ2v) is 6.60. The van der Waals surface area contributed by atoms with Crippen LogP contribution in [0.15, 0.2) is 59.5 Å². The van der Waals surface area contributed by atoms with Gasteiger partial charge in [-0.3, -0.25) is 4.79 Å². The lowest BCUT2D eigenvalue weighted by atomic mass is 10.0. The normalized spacial score (nSPS) is 11.2. The van der Waals surface area contributed by atoms with E-state index in [0.29, 0.717) is 18.9 Å². The van der Waals surface area contributed by atoms with E-state index in [1.54, 1.807) is 17.4 Å². The summed E-state index contributed by atoms with van der Waals surface area (Å²) in [6, 6.07) is 17.6. The first kappa shape index (κ1) is 17.7. The summed E-state index contributed by atoms with van der Waals surface area (Å²) in [5, 5.41) is 16.2. The van der Waals surface area contributed by atoms with Gasteiger partial charge in [0.15, 0.2) is 0 Å². The highest BCUT2D eigenvalue weighted by molar-refractivity contribution is 7.09. The zero-order valence-corrected chi connectivity index (χ0v) is 15.2. The van der Waals surface area contributed by atoms with Crippen molar-refractivity contribution in [2.24, 2.45) is 0 Å². The van der Waals surface area contributed by atoms with Crippen LogP contribution in [0.4, 0.5) is 0 Å². The van der Waals surface area contributed by atoms with Crippen LogP contribution in [0.2, 0.25) is 0 Å². The van der Waals surface area contributed by atoms with E-state index in [4.69, 9.17) is 4.74 Å². The number of fused-ring (bicyclic) bond motifs is 1. The van der Waals surface area contributed by atoms with Crippen LogP contribution < -0.4 is 10.1 Å². The molecule has 0 fully saturated rings. The van der Waals surface area contributed by atoms with E-state index in [2.05, 4.69) is 5.32 Å². The Morgan fingerprint density at radius 1 is 1.23 bits per heavy atom. The molecule has 0 atom stereocenters. The van der Waals surface area contributed by atoms with Crippen LogP contribution in [-0.4, -0.2) is 12.5 Å². The van der Waals surface area contributed by atoms with E-state index in [9.17, 15) is 10.1 Å². The van der Waals surface area contributed by atoms with Crippen LogP contribution in [0, 0.1) is 11.3 Å². The molecule has 4 nitrogen and oxygen atoms in total. The molecule has 0 aliphatic rings. The predicted octanol–water partition coefficient (Wildman–Crippen LogP) is 4.52. The van der Waals surface area contributed by atoms with Crippen LogP contribution in [0.3, 0.4) is 0 Å². The highest BCUT2D eigenvalue weighted by atomic mass is 32.1. The Labute approximate surface area is 156 Å². The van der Waals surface area contributed by atoms with E-state index in [-0.39, 0.29) is 5.57 Å². The average Bonchev–Trinajstić information content (AvgIpc) is 3.19. The van der Waals surface area contributed by atoms with Gasteiger partial charge in [-0.25, -0.2) is 0 Å². The molecule has 0 spiro atoms. The first-order chi connectivity index (χ1) is 12.7. The Bertz CT molecular complexity index is 985. The fourth-order valence-corrected chi connectivity index (χ4v) is 3.32. The van der Waals surface area contributed by atoms with Crippen LogP contribution in [0.1, 0.15) is 17.4 Å². The maximum absolute atomic E-state index is 12.4. The number of hydrogen-bond donors (Lipinski definition) is 1. The standard InChI is InChI=1S/C21H18N2O2S/c1-2-25-20-10-9-15-6-3-4-8-18(15)19(20)12-16(13-22)21(24)23-14-17-7-5-11-26-17/h3-12H,2,14H2,1H3,(H,23,24). The first-order valence-corrected chi connectivity index (χ1v) is 9.17. The zero-order chi connectivity index (χ0) is 18.4. The van der Waals surface area contributed by atoms with Gasteiger partial charge in [0.25, 0.3) is 5.91 Å². The molecule has 2 aromatic carbocycles. The Hall–Kier alpha value is -3.10. The van der Waals surface area contributed by atoms with Gasteiger partial charge < -0.3 is 10.1 Å². The molecule has 0 aliphatic carbocycles. The summed E-state index contributed by atoms with van der Waals surface area (Å²) in [6.07, 6.45) is 1.61. The molecule has 130 valence electrons. The molecular formula is C21H18N2O2S. The molecule has 0 radical (unpaired) electrons. The van der Waals surface area contributed by atoms with E-state index in [1.165, 1.54) is 0 Å². The van der Waals surface area contributed by atoms with Crippen molar-refractivity contribution in [3.8, 4) is 11.8 Å². The minimum absolute atomic E-state index is 0.0545. The summed E-state index contributed by atoms with van der Waals surface area (Å²) in [4.78, 5) is 13.5. The third kappa shape index (κ3) is 3.93. The van der Waals surface area contributed by atoms with Crippen LogP contribution >= 0.6 is 11.3 Å². The third-order valence-electron chi connectivity index (χ3n) is 3.89. The van der Waals surface area contributed by atoms with E-state index in [0.717, 1.165) is 21.2 Å². The van der Waals surface area contributed by atoms with Gasteiger partial charge in [-0.05, 0) is 41.3 Å². The SMILES string of the molecule is CCOc1ccc2ccccc2c1C=C(C#N)C(=O)NCc1cccs1. The Morgan fingerprint density at radius 2 is 2.08 bits per heavy atom. The van der Waals surface area contributed by atoms with Gasteiger partial charge in [0.1, 0.15) is 17.4 Å². The summed E-state index contributed by atoms with van der Waals surface area (Å²) in [6.45, 7) is 2.82. The fourth-order valence-electron chi connectivity index (χ4n) is 2.67. The summed E-state index contributed by atoms with van der Waals surface area (Å²) in [7, 11) is 0. The number of thiophene rings is 1. The Morgan fingerprint density at radius 3 is 2.81 bits per heavy atom. The molecule has 1 aromatic heterocycles. The van der Waals surface area contributed by atoms with Gasteiger partial charge in [-0.2, -0.15) is 5.26 Å². The number of amides is 1. The van der Waals surface area contributed by atoms with Crippen molar-refractivity contribution < 1.29 is 9.53 Å². The van der Waals surface area contributed by atoms with Gasteiger partial charge >= 0.3 is 0 Å². The van der Waals surface area contributed by atoms with Crippen LogP contribution in [-0.2, 0) is 11.3 Å². The topological polar surface area (TPSA) is 62.1 Å². The molecule has 0 saturated heterocycles. The van der Waals surface area contributed by atoms with Crippen molar-refractivity contribution in [2.75, 3.05) is 6.61 Å². The molecule has 3 rings (SSSR count). The molecule has 0 saturated carbocycles. The number of carbonyl (C=O) groups is 1. The van der Waals surface area contributed by atoms with Crippen molar-refractivity contribution in [3.63, 3.8) is 0 Å². The fraction of sp³-hybridized carbons (Fsp3) is 0.143. The highest BCUT2D eigenvalue weighted by Gasteiger charge is 2.13. The van der Waals surface area contributed by atoms with Crippen LogP contribution in [0.5, 0.6) is 5.75 Å². The monoisotopic (exact) mass is 362 g/mol. The molecule has 1 amide bonds. The summed E-state index contributed by atoms with van der Waals surface area (Å²) in [5.41, 5.74) is 0.798. The van der Waals surface area contributed by atoms with Crippen LogP contribution in [0.25, 0.3) is 16.8 Å². The number of benzene rings is 2.